The lowest BCUT2D eigenvalue weighted by atomic mass is 10.2. The number of ketones is 1. The number of ether oxygens (including phenoxy) is 1. The first-order chi connectivity index (χ1) is 8.42. The summed E-state index contributed by atoms with van der Waals surface area (Å²) in [5.41, 5.74) is 0.938. The molecule has 0 bridgehead atoms. The van der Waals surface area contributed by atoms with Crippen molar-refractivity contribution in [1.29, 1.82) is 0 Å². The number of allylic oxidation sites excluding steroid dienone is 3. The SMILES string of the molecule is C=CC(=CC(=C)F)Oc1cc(C)nc(C(C)=O)c1. The van der Waals surface area contributed by atoms with Crippen LogP contribution in [0.5, 0.6) is 5.75 Å². The van der Waals surface area contributed by atoms with Gasteiger partial charge in [-0.1, -0.05) is 13.2 Å². The predicted octanol–water partition coefficient (Wildman–Crippen LogP) is 3.52. The van der Waals surface area contributed by atoms with Crippen LogP contribution in [-0.4, -0.2) is 10.8 Å². The Morgan fingerprint density at radius 3 is 2.67 bits per heavy atom. The number of aryl methyl sites for hydroxylation is 1. The number of hydrogen-bond donors (Lipinski definition) is 0. The second kappa shape index (κ2) is 5.91. The third-order valence-electron chi connectivity index (χ3n) is 2.02. The molecule has 0 unspecified atom stereocenters. The number of pyridine rings is 1. The normalized spacial score (nSPS) is 10.9. The van der Waals surface area contributed by atoms with Crippen LogP contribution in [0.2, 0.25) is 0 Å². The van der Waals surface area contributed by atoms with E-state index in [1.807, 2.05) is 0 Å². The van der Waals surface area contributed by atoms with Gasteiger partial charge in [-0.05, 0) is 13.0 Å². The van der Waals surface area contributed by atoms with Crippen LogP contribution in [0.1, 0.15) is 23.1 Å². The Labute approximate surface area is 105 Å². The Morgan fingerprint density at radius 2 is 2.17 bits per heavy atom. The lowest BCUT2D eigenvalue weighted by Gasteiger charge is -2.08. The number of carbonyl (C=O) groups is 1. The van der Waals surface area contributed by atoms with Crippen LogP contribution in [0.4, 0.5) is 4.39 Å². The predicted molar refractivity (Wildman–Crippen MR) is 68.1 cm³/mol. The summed E-state index contributed by atoms with van der Waals surface area (Å²) in [6.45, 7) is 9.77. The number of hydrogen-bond acceptors (Lipinski definition) is 3. The molecule has 0 amide bonds. The van der Waals surface area contributed by atoms with Gasteiger partial charge in [0.05, 0.1) is 0 Å². The molecule has 0 saturated heterocycles. The number of halogens is 1. The molecule has 0 aliphatic heterocycles. The Bertz CT molecular complexity index is 533. The van der Waals surface area contributed by atoms with Crippen LogP contribution >= 0.6 is 0 Å². The van der Waals surface area contributed by atoms with Crippen LogP contribution in [0.25, 0.3) is 0 Å². The molecule has 0 aliphatic rings. The maximum absolute atomic E-state index is 12.7. The zero-order valence-electron chi connectivity index (χ0n) is 10.4. The van der Waals surface area contributed by atoms with E-state index in [2.05, 4.69) is 18.1 Å². The van der Waals surface area contributed by atoms with Crippen LogP contribution in [0.3, 0.4) is 0 Å². The molecule has 1 rings (SSSR count). The summed E-state index contributed by atoms with van der Waals surface area (Å²) in [5.74, 6) is -0.187. The molecule has 1 aromatic heterocycles. The molecule has 0 aliphatic carbocycles. The van der Waals surface area contributed by atoms with Gasteiger partial charge in [0.25, 0.3) is 0 Å². The highest BCUT2D eigenvalue weighted by Gasteiger charge is 2.06. The van der Waals surface area contributed by atoms with E-state index in [1.54, 1.807) is 13.0 Å². The second-order valence-corrected chi connectivity index (χ2v) is 3.69. The number of carbonyl (C=O) groups excluding carboxylic acids is 1. The minimum Gasteiger partial charge on any atom is -0.457 e. The van der Waals surface area contributed by atoms with Gasteiger partial charge in [-0.25, -0.2) is 9.37 Å². The maximum atomic E-state index is 12.7. The van der Waals surface area contributed by atoms with E-state index in [0.717, 1.165) is 6.08 Å². The van der Waals surface area contributed by atoms with Crippen LogP contribution in [0, 0.1) is 6.92 Å². The Hall–Kier alpha value is -2.23. The molecule has 0 spiro atoms. The molecule has 1 heterocycles. The summed E-state index contributed by atoms with van der Waals surface area (Å²) in [6.07, 6.45) is 2.46. The van der Waals surface area contributed by atoms with Crippen LogP contribution < -0.4 is 4.74 Å². The van der Waals surface area contributed by atoms with Gasteiger partial charge in [-0.3, -0.25) is 4.79 Å². The van der Waals surface area contributed by atoms with E-state index in [9.17, 15) is 9.18 Å². The van der Waals surface area contributed by atoms with E-state index >= 15 is 0 Å². The van der Waals surface area contributed by atoms with Crippen molar-refractivity contribution in [2.75, 3.05) is 0 Å². The Kier molecular flexibility index (Phi) is 4.54. The van der Waals surface area contributed by atoms with Gasteiger partial charge in [0.2, 0.25) is 0 Å². The van der Waals surface area contributed by atoms with Gasteiger partial charge in [-0.2, -0.15) is 0 Å². The molecule has 0 radical (unpaired) electrons. The molecular formula is C14H14FNO2. The summed E-state index contributed by atoms with van der Waals surface area (Å²) >= 11 is 0. The van der Waals surface area contributed by atoms with Crippen molar-refractivity contribution in [2.24, 2.45) is 0 Å². The molecule has 94 valence electrons. The van der Waals surface area contributed by atoms with Gasteiger partial charge in [0.1, 0.15) is 23.0 Å². The zero-order chi connectivity index (χ0) is 13.7. The average Bonchev–Trinajstić information content (AvgIpc) is 2.26. The van der Waals surface area contributed by atoms with E-state index in [4.69, 9.17) is 4.74 Å². The molecule has 0 saturated carbocycles. The maximum Gasteiger partial charge on any atom is 0.178 e. The highest BCUT2D eigenvalue weighted by atomic mass is 19.1. The number of Topliss-reactive ketones (excluding diaryl/α,β-unsaturated/α-hetero) is 1. The molecule has 0 N–H and O–H groups in total. The van der Waals surface area contributed by atoms with E-state index in [0.29, 0.717) is 17.1 Å². The van der Waals surface area contributed by atoms with Gasteiger partial charge in [0, 0.05) is 30.8 Å². The van der Waals surface area contributed by atoms with Gasteiger partial charge in [0.15, 0.2) is 5.78 Å². The molecule has 0 fully saturated rings. The molecule has 3 nitrogen and oxygen atoms in total. The zero-order valence-corrected chi connectivity index (χ0v) is 10.4. The topological polar surface area (TPSA) is 39.2 Å². The second-order valence-electron chi connectivity index (χ2n) is 3.69. The highest BCUT2D eigenvalue weighted by Crippen LogP contribution is 2.18. The van der Waals surface area contributed by atoms with E-state index < -0.39 is 5.83 Å². The number of aromatic nitrogens is 1. The first kappa shape index (κ1) is 13.8. The van der Waals surface area contributed by atoms with Crippen molar-refractivity contribution in [3.63, 3.8) is 0 Å². The van der Waals surface area contributed by atoms with Crippen LogP contribution in [0.15, 0.2) is 49.0 Å². The largest absolute Gasteiger partial charge is 0.457 e. The summed E-state index contributed by atoms with van der Waals surface area (Å²) < 4.78 is 18.1. The van der Waals surface area contributed by atoms with Gasteiger partial charge in [-0.15, -0.1) is 0 Å². The standard InChI is InChI=1S/C14H14FNO2/c1-5-12(6-9(2)15)18-13-7-10(3)16-14(8-13)11(4)17/h5-8H,1-2H2,3-4H3. The Balaban J connectivity index is 3.07. The molecule has 4 heteroatoms. The third kappa shape index (κ3) is 3.97. The highest BCUT2D eigenvalue weighted by molar-refractivity contribution is 5.92. The van der Waals surface area contributed by atoms with Crippen molar-refractivity contribution in [3.05, 3.63) is 60.4 Å². The molecule has 0 aromatic carbocycles. The average molecular weight is 247 g/mol. The lowest BCUT2D eigenvalue weighted by Crippen LogP contribution is -2.01. The molecule has 0 atom stereocenters. The minimum atomic E-state index is -0.637. The summed E-state index contributed by atoms with van der Waals surface area (Å²) in [7, 11) is 0. The summed E-state index contributed by atoms with van der Waals surface area (Å²) in [5, 5.41) is 0. The fraction of sp³-hybridized carbons (Fsp3) is 0.143. The van der Waals surface area contributed by atoms with Crippen molar-refractivity contribution < 1.29 is 13.9 Å². The Morgan fingerprint density at radius 1 is 1.50 bits per heavy atom. The fourth-order valence-electron chi connectivity index (χ4n) is 1.30. The molecule has 18 heavy (non-hydrogen) atoms. The lowest BCUT2D eigenvalue weighted by molar-refractivity contribution is 0.101. The fourth-order valence-corrected chi connectivity index (χ4v) is 1.30. The number of nitrogens with zero attached hydrogens (tertiary/aromatic N) is 1. The summed E-state index contributed by atoms with van der Waals surface area (Å²) in [6, 6.07) is 3.14. The molecular weight excluding hydrogens is 233 g/mol. The summed E-state index contributed by atoms with van der Waals surface area (Å²) in [4.78, 5) is 15.3. The first-order valence-corrected chi connectivity index (χ1v) is 5.28. The van der Waals surface area contributed by atoms with E-state index in [1.165, 1.54) is 19.1 Å². The third-order valence-corrected chi connectivity index (χ3v) is 2.02. The van der Waals surface area contributed by atoms with Crippen molar-refractivity contribution >= 4 is 5.78 Å². The molecule has 1 aromatic rings. The minimum absolute atomic E-state index is 0.164. The van der Waals surface area contributed by atoms with Crippen molar-refractivity contribution in [2.45, 2.75) is 13.8 Å². The first-order valence-electron chi connectivity index (χ1n) is 5.28. The van der Waals surface area contributed by atoms with Gasteiger partial charge >= 0.3 is 0 Å². The van der Waals surface area contributed by atoms with E-state index in [-0.39, 0.29) is 11.5 Å². The van der Waals surface area contributed by atoms with Crippen molar-refractivity contribution in [3.8, 4) is 5.75 Å². The monoisotopic (exact) mass is 247 g/mol. The smallest absolute Gasteiger partial charge is 0.178 e. The number of rotatable bonds is 5. The quantitative estimate of drug-likeness (QED) is 0.454. The van der Waals surface area contributed by atoms with Crippen molar-refractivity contribution in [1.82, 2.24) is 4.98 Å². The van der Waals surface area contributed by atoms with Gasteiger partial charge < -0.3 is 4.74 Å². The van der Waals surface area contributed by atoms with Crippen LogP contribution in [-0.2, 0) is 0 Å².